The summed E-state index contributed by atoms with van der Waals surface area (Å²) in [4.78, 5) is 14.2. The van der Waals surface area contributed by atoms with E-state index in [9.17, 15) is 22.4 Å². The summed E-state index contributed by atoms with van der Waals surface area (Å²) < 4.78 is 54.9. The highest BCUT2D eigenvalue weighted by molar-refractivity contribution is 7.21. The van der Waals surface area contributed by atoms with Gasteiger partial charge in [0.2, 0.25) is 0 Å². The van der Waals surface area contributed by atoms with E-state index < -0.39 is 11.7 Å². The molecule has 3 aromatic carbocycles. The smallest absolute Gasteiger partial charge is 0.317 e. The highest BCUT2D eigenvalue weighted by atomic mass is 35.5. The topological polar surface area (TPSA) is 29.1 Å². The Morgan fingerprint density at radius 1 is 1.00 bits per heavy atom. The van der Waals surface area contributed by atoms with Crippen LogP contribution in [-0.4, -0.2) is 18.9 Å². The van der Waals surface area contributed by atoms with Crippen molar-refractivity contribution < 1.29 is 22.4 Å². The number of aryl methyl sites for hydroxylation is 1. The molecule has 1 aliphatic carbocycles. The van der Waals surface area contributed by atoms with E-state index >= 15 is 0 Å². The number of hydrogen-bond donors (Lipinski definition) is 1. The molecule has 1 heterocycles. The number of carbonyl (C=O) groups excluding carboxylic acids is 1. The van der Waals surface area contributed by atoms with Crippen molar-refractivity contribution >= 4 is 38.8 Å². The van der Waals surface area contributed by atoms with Gasteiger partial charge in [-0.1, -0.05) is 48.0 Å². The summed E-state index contributed by atoms with van der Waals surface area (Å²) in [5, 5.41) is 4.74. The maximum absolute atomic E-state index is 15.0. The lowest BCUT2D eigenvalue weighted by Crippen LogP contribution is -2.33. The van der Waals surface area contributed by atoms with Gasteiger partial charge in [-0.15, -0.1) is 11.3 Å². The number of nitrogens with one attached hydrogen (secondary N) is 1. The fourth-order valence-corrected chi connectivity index (χ4v) is 7.53. The number of ketones is 1. The van der Waals surface area contributed by atoms with E-state index in [1.165, 1.54) is 29.5 Å². The summed E-state index contributed by atoms with van der Waals surface area (Å²) in [6, 6.07) is 17.8. The van der Waals surface area contributed by atoms with Crippen molar-refractivity contribution in [1.82, 2.24) is 5.32 Å². The van der Waals surface area contributed by atoms with Crippen LogP contribution >= 0.6 is 22.9 Å². The number of thiophene rings is 1. The number of rotatable bonds is 9. The Bertz CT molecular complexity index is 1510. The first-order chi connectivity index (χ1) is 19.6. The Labute approximate surface area is 246 Å². The van der Waals surface area contributed by atoms with Crippen LogP contribution in [0.4, 0.5) is 17.6 Å². The molecule has 1 N–H and O–H groups in total. The van der Waals surface area contributed by atoms with E-state index in [4.69, 9.17) is 11.6 Å². The highest BCUT2D eigenvalue weighted by Crippen LogP contribution is 2.40. The highest BCUT2D eigenvalue weighted by Gasteiger charge is 2.31. The van der Waals surface area contributed by atoms with Crippen LogP contribution in [0, 0.1) is 17.7 Å². The lowest BCUT2D eigenvalue weighted by molar-refractivity contribution is -0.137. The minimum Gasteiger partial charge on any atom is -0.317 e. The SMILES string of the molecule is CNC1CCC(C(CCc2cc(-c3ccc(C(F)(F)F)cc3)ccc2F)CC(=O)c2sc3ccccc3c2Cl)CC1. The van der Waals surface area contributed by atoms with Crippen molar-refractivity contribution in [2.24, 2.45) is 11.8 Å². The molecule has 0 aliphatic heterocycles. The van der Waals surface area contributed by atoms with Crippen molar-refractivity contribution in [3.05, 3.63) is 93.6 Å². The van der Waals surface area contributed by atoms with Crippen LogP contribution in [-0.2, 0) is 12.6 Å². The molecule has 0 bridgehead atoms. The van der Waals surface area contributed by atoms with E-state index in [1.54, 1.807) is 12.1 Å². The molecular weight excluding hydrogens is 570 g/mol. The van der Waals surface area contributed by atoms with Crippen LogP contribution in [0.5, 0.6) is 0 Å². The summed E-state index contributed by atoms with van der Waals surface area (Å²) in [6.45, 7) is 0. The molecule has 4 aromatic rings. The molecule has 0 amide bonds. The van der Waals surface area contributed by atoms with E-state index in [1.807, 2.05) is 31.3 Å². The van der Waals surface area contributed by atoms with Crippen molar-refractivity contribution in [3.63, 3.8) is 0 Å². The number of Topliss-reactive ketones (excluding diaryl/α,β-unsaturated/α-hetero) is 1. The van der Waals surface area contributed by atoms with E-state index in [0.717, 1.165) is 47.9 Å². The van der Waals surface area contributed by atoms with Gasteiger partial charge in [0, 0.05) is 22.5 Å². The molecule has 1 atom stereocenters. The average Bonchev–Trinajstić information content (AvgIpc) is 3.32. The number of halogens is 5. The Morgan fingerprint density at radius 2 is 1.68 bits per heavy atom. The zero-order valence-electron chi connectivity index (χ0n) is 22.7. The molecule has 41 heavy (non-hydrogen) atoms. The van der Waals surface area contributed by atoms with Gasteiger partial charge in [0.1, 0.15) is 5.82 Å². The van der Waals surface area contributed by atoms with E-state index in [0.29, 0.717) is 57.8 Å². The van der Waals surface area contributed by atoms with Crippen molar-refractivity contribution in [2.45, 2.75) is 57.2 Å². The standard InChI is InChI=1S/C33H32ClF4NOS/c1-39-26-15-10-21(11-16-26)23(19-29(40)32-31(34)27-4-2-3-5-30(27)41-32)6-7-24-18-22(12-17-28(24)35)20-8-13-25(14-9-20)33(36,37)38/h2-5,8-9,12-14,17-18,21,23,26,39H,6-7,10-11,15-16,19H2,1H3. The van der Waals surface area contributed by atoms with Gasteiger partial charge in [-0.05, 0) is 104 Å². The van der Waals surface area contributed by atoms with E-state index in [-0.39, 0.29) is 17.5 Å². The minimum absolute atomic E-state index is 0.0240. The van der Waals surface area contributed by atoms with Crippen LogP contribution in [0.2, 0.25) is 5.02 Å². The van der Waals surface area contributed by atoms with Gasteiger partial charge >= 0.3 is 6.18 Å². The summed E-state index contributed by atoms with van der Waals surface area (Å²) >= 11 is 8.05. The van der Waals surface area contributed by atoms with Crippen LogP contribution < -0.4 is 5.32 Å². The molecule has 1 aromatic heterocycles. The lowest BCUT2D eigenvalue weighted by atomic mass is 9.74. The lowest BCUT2D eigenvalue weighted by Gasteiger charge is -2.34. The minimum atomic E-state index is -4.41. The van der Waals surface area contributed by atoms with Gasteiger partial charge in [-0.2, -0.15) is 13.2 Å². The Balaban J connectivity index is 1.35. The normalized spacial score (nSPS) is 18.5. The van der Waals surface area contributed by atoms with Crippen molar-refractivity contribution in [2.75, 3.05) is 7.05 Å². The summed E-state index contributed by atoms with van der Waals surface area (Å²) in [6.07, 6.45) is 1.07. The molecule has 8 heteroatoms. The largest absolute Gasteiger partial charge is 0.416 e. The third-order valence-corrected chi connectivity index (χ3v) is 10.2. The summed E-state index contributed by atoms with van der Waals surface area (Å²) in [5.41, 5.74) is 1.04. The fraction of sp³-hybridized carbons (Fsp3) is 0.364. The van der Waals surface area contributed by atoms with E-state index in [2.05, 4.69) is 5.32 Å². The number of alkyl halides is 3. The molecule has 5 rings (SSSR count). The van der Waals surface area contributed by atoms with Crippen molar-refractivity contribution in [1.29, 1.82) is 0 Å². The molecular formula is C33H32ClF4NOS. The monoisotopic (exact) mass is 601 g/mol. The van der Waals surface area contributed by atoms with Crippen LogP contribution in [0.3, 0.4) is 0 Å². The summed E-state index contributed by atoms with van der Waals surface area (Å²) in [5.74, 6) is 0.0849. The number of fused-ring (bicyclic) bond motifs is 1. The van der Waals surface area contributed by atoms with Crippen LogP contribution in [0.15, 0.2) is 66.7 Å². The Hall–Kier alpha value is -2.74. The first kappa shape index (κ1) is 29.7. The Kier molecular flexibility index (Phi) is 9.17. The van der Waals surface area contributed by atoms with Crippen LogP contribution in [0.1, 0.15) is 59.3 Å². The average molecular weight is 602 g/mol. The summed E-state index contributed by atoms with van der Waals surface area (Å²) in [7, 11) is 1.97. The zero-order valence-corrected chi connectivity index (χ0v) is 24.3. The maximum Gasteiger partial charge on any atom is 0.416 e. The quantitative estimate of drug-likeness (QED) is 0.153. The maximum atomic E-state index is 15.0. The molecule has 1 fully saturated rings. The second-order valence-corrected chi connectivity index (χ2v) is 12.4. The first-order valence-electron chi connectivity index (χ1n) is 14.0. The van der Waals surface area contributed by atoms with Gasteiger partial charge in [0.05, 0.1) is 15.5 Å². The molecule has 1 saturated carbocycles. The molecule has 0 spiro atoms. The fourth-order valence-electron chi connectivity index (χ4n) is 6.05. The zero-order chi connectivity index (χ0) is 29.1. The number of carbonyl (C=O) groups is 1. The predicted octanol–water partition coefficient (Wildman–Crippen LogP) is 9.98. The van der Waals surface area contributed by atoms with Crippen molar-refractivity contribution in [3.8, 4) is 11.1 Å². The number of hydrogen-bond acceptors (Lipinski definition) is 3. The van der Waals surface area contributed by atoms with Gasteiger partial charge in [-0.3, -0.25) is 4.79 Å². The second-order valence-electron chi connectivity index (χ2n) is 10.9. The van der Waals surface area contributed by atoms with Gasteiger partial charge < -0.3 is 5.32 Å². The van der Waals surface area contributed by atoms with Crippen LogP contribution in [0.25, 0.3) is 21.2 Å². The molecule has 0 radical (unpaired) electrons. The van der Waals surface area contributed by atoms with Gasteiger partial charge in [-0.25, -0.2) is 4.39 Å². The third kappa shape index (κ3) is 6.85. The van der Waals surface area contributed by atoms with Gasteiger partial charge in [0.25, 0.3) is 0 Å². The Morgan fingerprint density at radius 3 is 2.34 bits per heavy atom. The number of benzene rings is 3. The molecule has 0 saturated heterocycles. The second kappa shape index (κ2) is 12.6. The van der Waals surface area contributed by atoms with Gasteiger partial charge in [0.15, 0.2) is 5.78 Å². The third-order valence-electron chi connectivity index (χ3n) is 8.46. The molecule has 1 unspecified atom stereocenters. The molecule has 216 valence electrons. The predicted molar refractivity (Wildman–Crippen MR) is 159 cm³/mol. The molecule has 1 aliphatic rings. The first-order valence-corrected chi connectivity index (χ1v) is 15.2. The molecule has 2 nitrogen and oxygen atoms in total.